The standard InChI is InChI=1S/C14H17Br2NO2/c1-9-7-17(8-14(2,3)19-9)13(18)11-6-10(15)4-5-12(11)16/h4-6,9H,7-8H2,1-3H3. The summed E-state index contributed by atoms with van der Waals surface area (Å²) >= 11 is 6.85. The molecule has 1 atom stereocenters. The Morgan fingerprint density at radius 2 is 2.11 bits per heavy atom. The largest absolute Gasteiger partial charge is 0.369 e. The zero-order valence-corrected chi connectivity index (χ0v) is 14.4. The van der Waals surface area contributed by atoms with Crippen molar-refractivity contribution >= 4 is 37.8 Å². The number of morpholine rings is 1. The van der Waals surface area contributed by atoms with Crippen molar-refractivity contribution in [3.05, 3.63) is 32.7 Å². The predicted octanol–water partition coefficient (Wildman–Crippen LogP) is 3.85. The average molecular weight is 391 g/mol. The molecule has 3 nitrogen and oxygen atoms in total. The van der Waals surface area contributed by atoms with Gasteiger partial charge in [0.05, 0.1) is 17.3 Å². The number of nitrogens with zero attached hydrogens (tertiary/aromatic N) is 1. The molecule has 1 heterocycles. The quantitative estimate of drug-likeness (QED) is 0.728. The number of halogens is 2. The first-order valence-corrected chi connectivity index (χ1v) is 7.79. The molecule has 0 aromatic heterocycles. The van der Waals surface area contributed by atoms with Crippen molar-refractivity contribution in [2.24, 2.45) is 0 Å². The Morgan fingerprint density at radius 3 is 2.74 bits per heavy atom. The Morgan fingerprint density at radius 1 is 1.42 bits per heavy atom. The van der Waals surface area contributed by atoms with Gasteiger partial charge < -0.3 is 9.64 Å². The highest BCUT2D eigenvalue weighted by molar-refractivity contribution is 9.11. The van der Waals surface area contributed by atoms with E-state index >= 15 is 0 Å². The van der Waals surface area contributed by atoms with Gasteiger partial charge in [0.1, 0.15) is 0 Å². The van der Waals surface area contributed by atoms with Gasteiger partial charge in [0.15, 0.2) is 0 Å². The van der Waals surface area contributed by atoms with Gasteiger partial charge in [-0.2, -0.15) is 0 Å². The first kappa shape index (κ1) is 15.0. The van der Waals surface area contributed by atoms with Gasteiger partial charge in [-0.25, -0.2) is 0 Å². The van der Waals surface area contributed by atoms with E-state index < -0.39 is 0 Å². The monoisotopic (exact) mass is 389 g/mol. The van der Waals surface area contributed by atoms with Gasteiger partial charge in [0.2, 0.25) is 0 Å². The Hall–Kier alpha value is -0.390. The van der Waals surface area contributed by atoms with Crippen molar-refractivity contribution in [1.29, 1.82) is 0 Å². The van der Waals surface area contributed by atoms with E-state index in [4.69, 9.17) is 4.74 Å². The fourth-order valence-corrected chi connectivity index (χ4v) is 3.22. The van der Waals surface area contributed by atoms with Crippen LogP contribution in [0.1, 0.15) is 31.1 Å². The highest BCUT2D eigenvalue weighted by Crippen LogP contribution is 2.26. The number of carbonyl (C=O) groups excluding carboxylic acids is 1. The molecule has 19 heavy (non-hydrogen) atoms. The van der Waals surface area contributed by atoms with Crippen LogP contribution in [0.5, 0.6) is 0 Å². The van der Waals surface area contributed by atoms with Gasteiger partial charge in [-0.15, -0.1) is 0 Å². The summed E-state index contributed by atoms with van der Waals surface area (Å²) in [5.41, 5.74) is 0.380. The van der Waals surface area contributed by atoms with Gasteiger partial charge in [-0.1, -0.05) is 15.9 Å². The third kappa shape index (κ3) is 3.58. The van der Waals surface area contributed by atoms with Gasteiger partial charge in [-0.05, 0) is 54.9 Å². The minimum absolute atomic E-state index is 0.0383. The number of hydrogen-bond acceptors (Lipinski definition) is 2. The molecule has 0 aliphatic carbocycles. The summed E-state index contributed by atoms with van der Waals surface area (Å²) in [6, 6.07) is 5.64. The van der Waals surface area contributed by atoms with Gasteiger partial charge >= 0.3 is 0 Å². The lowest BCUT2D eigenvalue weighted by Gasteiger charge is -2.41. The number of carbonyl (C=O) groups is 1. The molecule has 1 aliphatic heterocycles. The van der Waals surface area contributed by atoms with Crippen molar-refractivity contribution in [2.75, 3.05) is 13.1 Å². The SMILES string of the molecule is CC1CN(C(=O)c2cc(Br)ccc2Br)CC(C)(C)O1. The summed E-state index contributed by atoms with van der Waals surface area (Å²) < 4.78 is 7.55. The van der Waals surface area contributed by atoms with Crippen LogP contribution in [0.4, 0.5) is 0 Å². The van der Waals surface area contributed by atoms with E-state index in [0.717, 1.165) is 8.95 Å². The molecule has 104 valence electrons. The molecule has 1 aromatic rings. The van der Waals surface area contributed by atoms with Crippen LogP contribution in [0, 0.1) is 0 Å². The van der Waals surface area contributed by atoms with Crippen LogP contribution in [0.2, 0.25) is 0 Å². The van der Waals surface area contributed by atoms with E-state index in [2.05, 4.69) is 31.9 Å². The number of rotatable bonds is 1. The molecule has 0 bridgehead atoms. The van der Waals surface area contributed by atoms with Crippen LogP contribution >= 0.6 is 31.9 Å². The lowest BCUT2D eigenvalue weighted by atomic mass is 10.0. The van der Waals surface area contributed by atoms with Crippen LogP contribution in [-0.4, -0.2) is 35.6 Å². The summed E-state index contributed by atoms with van der Waals surface area (Å²) in [5, 5.41) is 0. The van der Waals surface area contributed by atoms with Gasteiger partial charge in [0.25, 0.3) is 5.91 Å². The van der Waals surface area contributed by atoms with E-state index in [-0.39, 0.29) is 17.6 Å². The van der Waals surface area contributed by atoms with E-state index in [0.29, 0.717) is 18.7 Å². The lowest BCUT2D eigenvalue weighted by molar-refractivity contribution is -0.118. The smallest absolute Gasteiger partial charge is 0.255 e. The minimum Gasteiger partial charge on any atom is -0.369 e. The van der Waals surface area contributed by atoms with E-state index in [9.17, 15) is 4.79 Å². The molecule has 1 aromatic carbocycles. The summed E-state index contributed by atoms with van der Waals surface area (Å²) in [7, 11) is 0. The molecular formula is C14H17Br2NO2. The van der Waals surface area contributed by atoms with Crippen molar-refractivity contribution in [1.82, 2.24) is 4.90 Å². The van der Waals surface area contributed by atoms with Gasteiger partial charge in [0, 0.05) is 22.0 Å². The van der Waals surface area contributed by atoms with Crippen LogP contribution in [0.15, 0.2) is 27.1 Å². The van der Waals surface area contributed by atoms with Gasteiger partial charge in [-0.3, -0.25) is 4.79 Å². The zero-order valence-electron chi connectivity index (χ0n) is 11.2. The second kappa shape index (κ2) is 5.54. The number of amides is 1. The van der Waals surface area contributed by atoms with Crippen LogP contribution in [0.25, 0.3) is 0 Å². The third-order valence-electron chi connectivity index (χ3n) is 3.02. The lowest BCUT2D eigenvalue weighted by Crippen LogP contribution is -2.53. The topological polar surface area (TPSA) is 29.5 Å². The molecule has 1 amide bonds. The Labute approximate surface area is 130 Å². The maximum Gasteiger partial charge on any atom is 0.255 e. The fourth-order valence-electron chi connectivity index (χ4n) is 2.44. The van der Waals surface area contributed by atoms with E-state index in [1.165, 1.54) is 0 Å². The Balaban J connectivity index is 2.26. The van der Waals surface area contributed by atoms with Crippen LogP contribution in [0.3, 0.4) is 0 Å². The summed E-state index contributed by atoms with van der Waals surface area (Å²) in [4.78, 5) is 14.5. The molecular weight excluding hydrogens is 374 g/mol. The number of hydrogen-bond donors (Lipinski definition) is 0. The first-order valence-electron chi connectivity index (χ1n) is 6.21. The third-order valence-corrected chi connectivity index (χ3v) is 4.20. The van der Waals surface area contributed by atoms with Crippen molar-refractivity contribution in [3.8, 4) is 0 Å². The normalized spacial score (nSPS) is 22.4. The van der Waals surface area contributed by atoms with Crippen molar-refractivity contribution in [3.63, 3.8) is 0 Å². The van der Waals surface area contributed by atoms with E-state index in [1.54, 1.807) is 0 Å². The highest BCUT2D eigenvalue weighted by atomic mass is 79.9. The molecule has 0 radical (unpaired) electrons. The van der Waals surface area contributed by atoms with Crippen LogP contribution < -0.4 is 0 Å². The Kier molecular flexibility index (Phi) is 4.38. The molecule has 1 unspecified atom stereocenters. The van der Waals surface area contributed by atoms with Crippen molar-refractivity contribution in [2.45, 2.75) is 32.5 Å². The number of benzene rings is 1. The second-order valence-electron chi connectivity index (χ2n) is 5.50. The number of ether oxygens (including phenoxy) is 1. The molecule has 1 saturated heterocycles. The predicted molar refractivity (Wildman–Crippen MR) is 82.4 cm³/mol. The van der Waals surface area contributed by atoms with E-state index in [1.807, 2.05) is 43.9 Å². The molecule has 1 fully saturated rings. The molecule has 2 rings (SSSR count). The second-order valence-corrected chi connectivity index (χ2v) is 7.27. The Bertz CT molecular complexity index is 502. The van der Waals surface area contributed by atoms with Crippen LogP contribution in [-0.2, 0) is 4.74 Å². The fraction of sp³-hybridized carbons (Fsp3) is 0.500. The highest BCUT2D eigenvalue weighted by Gasteiger charge is 2.34. The molecule has 1 aliphatic rings. The first-order chi connectivity index (χ1) is 8.78. The summed E-state index contributed by atoms with van der Waals surface area (Å²) in [6.45, 7) is 7.26. The summed E-state index contributed by atoms with van der Waals surface area (Å²) in [5.74, 6) is 0.0383. The zero-order chi connectivity index (χ0) is 14.2. The summed E-state index contributed by atoms with van der Waals surface area (Å²) in [6.07, 6.45) is 0.0543. The molecule has 0 spiro atoms. The molecule has 0 saturated carbocycles. The average Bonchev–Trinajstić information content (AvgIpc) is 2.29. The molecule has 5 heteroatoms. The minimum atomic E-state index is -0.300. The maximum atomic E-state index is 12.6. The molecule has 0 N–H and O–H groups in total. The van der Waals surface area contributed by atoms with Crippen molar-refractivity contribution < 1.29 is 9.53 Å². The maximum absolute atomic E-state index is 12.6.